The minimum atomic E-state index is -0.223. The molecule has 3 nitrogen and oxygen atoms in total. The number of hydrogen-bond donors (Lipinski definition) is 1. The largest absolute Gasteiger partial charge is 0.381 e. The minimum Gasteiger partial charge on any atom is -0.381 e. The van der Waals surface area contributed by atoms with Crippen molar-refractivity contribution in [3.05, 3.63) is 71.2 Å². The number of fused-ring (bicyclic) bond motifs is 2. The fraction of sp³-hybridized carbons (Fsp3) is 0.250. The van der Waals surface area contributed by atoms with Gasteiger partial charge in [-0.25, -0.2) is 4.39 Å². The van der Waals surface area contributed by atoms with Gasteiger partial charge in [0.2, 0.25) is 0 Å². The summed E-state index contributed by atoms with van der Waals surface area (Å²) in [5, 5.41) is 4.25. The molecule has 1 aliphatic heterocycles. The SMILES string of the molecule is CN1CCc2ccc(NCc3cc(F)cc4cccnc34)cc2C1. The molecule has 2 aromatic carbocycles. The molecule has 4 rings (SSSR count). The molecule has 0 saturated carbocycles. The molecule has 1 aliphatic rings. The van der Waals surface area contributed by atoms with Gasteiger partial charge in [-0.3, -0.25) is 4.98 Å². The van der Waals surface area contributed by atoms with E-state index in [1.54, 1.807) is 12.3 Å². The number of nitrogens with one attached hydrogen (secondary N) is 1. The van der Waals surface area contributed by atoms with Crippen LogP contribution in [0.15, 0.2) is 48.7 Å². The van der Waals surface area contributed by atoms with Crippen molar-refractivity contribution in [2.24, 2.45) is 0 Å². The molecule has 0 bridgehead atoms. The van der Waals surface area contributed by atoms with Crippen LogP contribution in [0.5, 0.6) is 0 Å². The third-order valence-corrected chi connectivity index (χ3v) is 4.64. The highest BCUT2D eigenvalue weighted by Crippen LogP contribution is 2.24. The van der Waals surface area contributed by atoms with Gasteiger partial charge in [0.15, 0.2) is 0 Å². The van der Waals surface area contributed by atoms with Gasteiger partial charge in [0.05, 0.1) is 5.52 Å². The number of anilines is 1. The Morgan fingerprint density at radius 3 is 3.00 bits per heavy atom. The van der Waals surface area contributed by atoms with Crippen LogP contribution < -0.4 is 5.32 Å². The van der Waals surface area contributed by atoms with E-state index in [9.17, 15) is 4.39 Å². The summed E-state index contributed by atoms with van der Waals surface area (Å²) < 4.78 is 13.8. The quantitative estimate of drug-likeness (QED) is 0.791. The zero-order chi connectivity index (χ0) is 16.5. The van der Waals surface area contributed by atoms with Crippen LogP contribution in [0.1, 0.15) is 16.7 Å². The van der Waals surface area contributed by atoms with Crippen molar-refractivity contribution in [2.45, 2.75) is 19.5 Å². The number of likely N-dealkylation sites (N-methyl/N-ethyl adjacent to an activating group) is 1. The molecular formula is C20H20FN3. The second-order valence-electron chi connectivity index (χ2n) is 6.46. The first-order valence-electron chi connectivity index (χ1n) is 8.26. The molecule has 2 heterocycles. The molecule has 24 heavy (non-hydrogen) atoms. The number of pyridine rings is 1. The molecule has 0 atom stereocenters. The van der Waals surface area contributed by atoms with Crippen LogP contribution in [0.4, 0.5) is 10.1 Å². The highest BCUT2D eigenvalue weighted by atomic mass is 19.1. The standard InChI is InChI=1S/C20H20FN3/c1-24-8-6-14-4-5-19(11-17(14)13-24)23-12-16-10-18(21)9-15-3-2-7-22-20(15)16/h2-5,7,9-11,23H,6,8,12-13H2,1H3. The van der Waals surface area contributed by atoms with Crippen molar-refractivity contribution in [1.82, 2.24) is 9.88 Å². The maximum Gasteiger partial charge on any atom is 0.124 e. The van der Waals surface area contributed by atoms with E-state index in [-0.39, 0.29) is 5.82 Å². The van der Waals surface area contributed by atoms with Gasteiger partial charge in [-0.1, -0.05) is 12.1 Å². The maximum atomic E-state index is 13.8. The van der Waals surface area contributed by atoms with E-state index in [1.165, 1.54) is 17.2 Å². The van der Waals surface area contributed by atoms with Crippen LogP contribution in [0, 0.1) is 5.82 Å². The molecule has 1 aromatic heterocycles. The fourth-order valence-corrected chi connectivity index (χ4v) is 3.37. The van der Waals surface area contributed by atoms with Crippen molar-refractivity contribution >= 4 is 16.6 Å². The van der Waals surface area contributed by atoms with Gasteiger partial charge in [0.25, 0.3) is 0 Å². The molecule has 3 aromatic rings. The molecule has 0 unspecified atom stereocenters. The number of halogens is 1. The van der Waals surface area contributed by atoms with E-state index in [2.05, 4.69) is 40.4 Å². The van der Waals surface area contributed by atoms with Gasteiger partial charge in [0.1, 0.15) is 5.82 Å². The van der Waals surface area contributed by atoms with Crippen molar-refractivity contribution in [2.75, 3.05) is 18.9 Å². The molecule has 4 heteroatoms. The summed E-state index contributed by atoms with van der Waals surface area (Å²) in [4.78, 5) is 6.73. The molecule has 0 radical (unpaired) electrons. The normalized spacial score (nSPS) is 14.6. The van der Waals surface area contributed by atoms with Crippen LogP contribution in [0.25, 0.3) is 10.9 Å². The Kier molecular flexibility index (Phi) is 3.90. The second-order valence-corrected chi connectivity index (χ2v) is 6.46. The van der Waals surface area contributed by atoms with Gasteiger partial charge < -0.3 is 10.2 Å². The van der Waals surface area contributed by atoms with Crippen molar-refractivity contribution < 1.29 is 4.39 Å². The third kappa shape index (κ3) is 2.97. The van der Waals surface area contributed by atoms with E-state index in [0.717, 1.165) is 41.7 Å². The maximum absolute atomic E-state index is 13.8. The zero-order valence-electron chi connectivity index (χ0n) is 13.7. The Hall–Kier alpha value is -2.46. The average molecular weight is 321 g/mol. The first-order valence-corrected chi connectivity index (χ1v) is 8.26. The summed E-state index contributed by atoms with van der Waals surface area (Å²) in [6.45, 7) is 2.65. The smallest absolute Gasteiger partial charge is 0.124 e. The first kappa shape index (κ1) is 15.1. The van der Waals surface area contributed by atoms with Crippen molar-refractivity contribution in [1.29, 1.82) is 0 Å². The van der Waals surface area contributed by atoms with Crippen LogP contribution in [0.2, 0.25) is 0 Å². The van der Waals surface area contributed by atoms with Gasteiger partial charge in [-0.05, 0) is 54.9 Å². The summed E-state index contributed by atoms with van der Waals surface area (Å²) in [7, 11) is 2.15. The van der Waals surface area contributed by atoms with Gasteiger partial charge in [-0.15, -0.1) is 0 Å². The second kappa shape index (κ2) is 6.21. The number of aromatic nitrogens is 1. The van der Waals surface area contributed by atoms with E-state index < -0.39 is 0 Å². The summed E-state index contributed by atoms with van der Waals surface area (Å²) in [5.41, 5.74) is 5.59. The topological polar surface area (TPSA) is 28.2 Å². The molecule has 0 aliphatic carbocycles. The summed E-state index contributed by atoms with van der Waals surface area (Å²) in [5.74, 6) is -0.223. The lowest BCUT2D eigenvalue weighted by atomic mass is 9.99. The summed E-state index contributed by atoms with van der Waals surface area (Å²) in [6.07, 6.45) is 2.85. The monoisotopic (exact) mass is 321 g/mol. The van der Waals surface area contributed by atoms with E-state index >= 15 is 0 Å². The van der Waals surface area contributed by atoms with E-state index in [0.29, 0.717) is 6.54 Å². The molecule has 122 valence electrons. The van der Waals surface area contributed by atoms with Gasteiger partial charge in [0, 0.05) is 42.5 Å². The van der Waals surface area contributed by atoms with Crippen LogP contribution >= 0.6 is 0 Å². The lowest BCUT2D eigenvalue weighted by Crippen LogP contribution is -2.26. The van der Waals surface area contributed by atoms with E-state index in [1.807, 2.05) is 12.1 Å². The molecule has 0 saturated heterocycles. The molecule has 1 N–H and O–H groups in total. The molecule has 0 spiro atoms. The lowest BCUT2D eigenvalue weighted by Gasteiger charge is -2.25. The van der Waals surface area contributed by atoms with Crippen molar-refractivity contribution in [3.63, 3.8) is 0 Å². The Balaban J connectivity index is 1.58. The third-order valence-electron chi connectivity index (χ3n) is 4.64. The molecule has 0 fully saturated rings. The van der Waals surface area contributed by atoms with Crippen LogP contribution in [-0.4, -0.2) is 23.5 Å². The Labute approximate surface area is 141 Å². The summed E-state index contributed by atoms with van der Waals surface area (Å²) in [6, 6.07) is 13.3. The predicted octanol–water partition coefficient (Wildman–Crippen LogP) is 3.97. The predicted molar refractivity (Wildman–Crippen MR) is 95.5 cm³/mol. The zero-order valence-corrected chi connectivity index (χ0v) is 13.7. The van der Waals surface area contributed by atoms with Crippen LogP contribution in [0.3, 0.4) is 0 Å². The fourth-order valence-electron chi connectivity index (χ4n) is 3.37. The minimum absolute atomic E-state index is 0.223. The number of benzene rings is 2. The average Bonchev–Trinajstić information content (AvgIpc) is 2.59. The Morgan fingerprint density at radius 1 is 1.17 bits per heavy atom. The highest BCUT2D eigenvalue weighted by molar-refractivity contribution is 5.82. The highest BCUT2D eigenvalue weighted by Gasteiger charge is 2.13. The summed E-state index contributed by atoms with van der Waals surface area (Å²) >= 11 is 0. The first-order chi connectivity index (χ1) is 11.7. The molecular weight excluding hydrogens is 301 g/mol. The Bertz CT molecular complexity index is 891. The van der Waals surface area contributed by atoms with Crippen molar-refractivity contribution in [3.8, 4) is 0 Å². The van der Waals surface area contributed by atoms with Crippen LogP contribution in [-0.2, 0) is 19.5 Å². The van der Waals surface area contributed by atoms with Gasteiger partial charge in [-0.2, -0.15) is 0 Å². The number of nitrogens with zero attached hydrogens (tertiary/aromatic N) is 2. The van der Waals surface area contributed by atoms with Gasteiger partial charge >= 0.3 is 0 Å². The molecule has 0 amide bonds. The van der Waals surface area contributed by atoms with E-state index in [4.69, 9.17) is 0 Å². The Morgan fingerprint density at radius 2 is 2.08 bits per heavy atom. The number of rotatable bonds is 3. The lowest BCUT2D eigenvalue weighted by molar-refractivity contribution is 0.313. The number of hydrogen-bond acceptors (Lipinski definition) is 3.